The highest BCUT2D eigenvalue weighted by molar-refractivity contribution is 7.80. The van der Waals surface area contributed by atoms with Gasteiger partial charge in [0.2, 0.25) is 5.75 Å². The Morgan fingerprint density at radius 1 is 1.12 bits per heavy atom. The largest absolute Gasteiger partial charge is 0.504 e. The molecule has 7 heteroatoms. The van der Waals surface area contributed by atoms with Crippen LogP contribution in [0.1, 0.15) is 5.56 Å². The van der Waals surface area contributed by atoms with Crippen molar-refractivity contribution in [1.29, 1.82) is 0 Å². The number of para-hydroxylation sites is 1. The maximum absolute atomic E-state index is 9.85. The van der Waals surface area contributed by atoms with Gasteiger partial charge in [-0.1, -0.05) is 36.0 Å². The lowest BCUT2D eigenvalue weighted by atomic mass is 10.1. The van der Waals surface area contributed by atoms with E-state index in [1.165, 1.54) is 13.2 Å². The van der Waals surface area contributed by atoms with Gasteiger partial charge in [0, 0.05) is 31.7 Å². The average Bonchev–Trinajstić information content (AvgIpc) is 2.64. The SMILES string of the molecule is COc1cc(C(=S)N2CCN(c3ccccc3Cl)CC2)cc(O)c1O. The molecular weight excluding hydrogens is 360 g/mol. The van der Waals surface area contributed by atoms with Crippen LogP contribution in [0.4, 0.5) is 5.69 Å². The van der Waals surface area contributed by atoms with Crippen molar-refractivity contribution in [1.82, 2.24) is 4.90 Å². The molecule has 0 aromatic heterocycles. The predicted molar refractivity (Wildman–Crippen MR) is 103 cm³/mol. The number of phenols is 2. The Morgan fingerprint density at radius 2 is 1.80 bits per heavy atom. The predicted octanol–water partition coefficient (Wildman–Crippen LogP) is 3.26. The molecule has 0 amide bonds. The van der Waals surface area contributed by atoms with Crippen LogP contribution < -0.4 is 9.64 Å². The Kier molecular flexibility index (Phi) is 5.20. The Morgan fingerprint density at radius 3 is 2.44 bits per heavy atom. The van der Waals surface area contributed by atoms with Gasteiger partial charge < -0.3 is 24.7 Å². The highest BCUT2D eigenvalue weighted by Crippen LogP contribution is 2.37. The number of nitrogens with zero attached hydrogens (tertiary/aromatic N) is 2. The van der Waals surface area contributed by atoms with Gasteiger partial charge in [-0.3, -0.25) is 0 Å². The smallest absolute Gasteiger partial charge is 0.200 e. The Labute approximate surface area is 157 Å². The highest BCUT2D eigenvalue weighted by atomic mass is 35.5. The number of halogens is 1. The van der Waals surface area contributed by atoms with Crippen LogP contribution >= 0.6 is 23.8 Å². The van der Waals surface area contributed by atoms with E-state index in [4.69, 9.17) is 28.6 Å². The lowest BCUT2D eigenvalue weighted by Gasteiger charge is -2.37. The van der Waals surface area contributed by atoms with E-state index in [9.17, 15) is 10.2 Å². The van der Waals surface area contributed by atoms with Gasteiger partial charge in [-0.2, -0.15) is 0 Å². The fourth-order valence-electron chi connectivity index (χ4n) is 2.91. The summed E-state index contributed by atoms with van der Waals surface area (Å²) in [7, 11) is 1.43. The monoisotopic (exact) mass is 378 g/mol. The Balaban J connectivity index is 1.72. The normalized spacial score (nSPS) is 14.5. The van der Waals surface area contributed by atoms with Crippen molar-refractivity contribution in [3.63, 3.8) is 0 Å². The molecule has 0 unspecified atom stereocenters. The maximum atomic E-state index is 9.85. The van der Waals surface area contributed by atoms with E-state index in [0.29, 0.717) is 10.6 Å². The third-order valence-electron chi connectivity index (χ3n) is 4.28. The quantitative estimate of drug-likeness (QED) is 0.631. The van der Waals surface area contributed by atoms with E-state index in [2.05, 4.69) is 9.80 Å². The molecule has 1 aliphatic rings. The van der Waals surface area contributed by atoms with E-state index in [-0.39, 0.29) is 17.2 Å². The topological polar surface area (TPSA) is 56.2 Å². The van der Waals surface area contributed by atoms with E-state index in [1.54, 1.807) is 6.07 Å². The van der Waals surface area contributed by atoms with Crippen LogP contribution in [0.3, 0.4) is 0 Å². The zero-order valence-corrected chi connectivity index (χ0v) is 15.3. The minimum Gasteiger partial charge on any atom is -0.504 e. The first-order chi connectivity index (χ1) is 12.0. The van der Waals surface area contributed by atoms with Crippen LogP contribution in [-0.4, -0.2) is 53.4 Å². The van der Waals surface area contributed by atoms with Crippen LogP contribution in [0.25, 0.3) is 0 Å². The Hall–Kier alpha value is -2.18. The van der Waals surface area contributed by atoms with E-state index < -0.39 is 0 Å². The van der Waals surface area contributed by atoms with Crippen molar-refractivity contribution in [2.45, 2.75) is 0 Å². The maximum Gasteiger partial charge on any atom is 0.200 e. The van der Waals surface area contributed by atoms with E-state index in [1.807, 2.05) is 24.3 Å². The molecule has 132 valence electrons. The summed E-state index contributed by atoms with van der Waals surface area (Å²) in [5.74, 6) is -0.323. The summed E-state index contributed by atoms with van der Waals surface area (Å²) in [5, 5.41) is 20.3. The number of rotatable bonds is 3. The summed E-state index contributed by atoms with van der Waals surface area (Å²) < 4.78 is 5.08. The molecule has 0 aliphatic carbocycles. The molecule has 2 aromatic rings. The number of hydrogen-bond donors (Lipinski definition) is 2. The first kappa shape index (κ1) is 17.6. The molecule has 0 spiro atoms. The summed E-state index contributed by atoms with van der Waals surface area (Å²) >= 11 is 11.8. The minimum absolute atomic E-state index is 0.201. The summed E-state index contributed by atoms with van der Waals surface area (Å²) in [5.41, 5.74) is 1.67. The highest BCUT2D eigenvalue weighted by Gasteiger charge is 2.22. The molecule has 2 N–H and O–H groups in total. The second-order valence-electron chi connectivity index (χ2n) is 5.78. The van der Waals surface area contributed by atoms with Gasteiger partial charge >= 0.3 is 0 Å². The van der Waals surface area contributed by atoms with Crippen molar-refractivity contribution in [3.8, 4) is 17.2 Å². The van der Waals surface area contributed by atoms with E-state index in [0.717, 1.165) is 36.9 Å². The van der Waals surface area contributed by atoms with Crippen molar-refractivity contribution in [2.24, 2.45) is 0 Å². The lowest BCUT2D eigenvalue weighted by Crippen LogP contribution is -2.48. The molecule has 0 saturated carbocycles. The summed E-state index contributed by atoms with van der Waals surface area (Å²) in [6.07, 6.45) is 0. The third-order valence-corrected chi connectivity index (χ3v) is 5.10. The lowest BCUT2D eigenvalue weighted by molar-refractivity contribution is 0.350. The summed E-state index contributed by atoms with van der Waals surface area (Å²) in [6, 6.07) is 10.9. The third kappa shape index (κ3) is 3.60. The molecule has 1 heterocycles. The number of aromatic hydroxyl groups is 2. The number of thiocarbonyl (C=S) groups is 1. The van der Waals surface area contributed by atoms with Gasteiger partial charge in [-0.15, -0.1) is 0 Å². The van der Waals surface area contributed by atoms with Crippen molar-refractivity contribution < 1.29 is 14.9 Å². The minimum atomic E-state index is -0.280. The fourth-order valence-corrected chi connectivity index (χ4v) is 3.47. The molecule has 0 atom stereocenters. The number of benzene rings is 2. The zero-order valence-electron chi connectivity index (χ0n) is 13.8. The standard InChI is InChI=1S/C18H19ClN2O3S/c1-24-16-11-12(10-15(22)17(16)23)18(25)21-8-6-20(7-9-21)14-5-3-2-4-13(14)19/h2-5,10-11,22-23H,6-9H2,1H3. The van der Waals surface area contributed by atoms with Crippen LogP contribution in [0.15, 0.2) is 36.4 Å². The van der Waals surface area contributed by atoms with Crippen LogP contribution in [-0.2, 0) is 0 Å². The number of phenolic OH excluding ortho intramolecular Hbond substituents is 2. The molecule has 1 saturated heterocycles. The van der Waals surface area contributed by atoms with Crippen molar-refractivity contribution in [3.05, 3.63) is 47.0 Å². The molecule has 0 bridgehead atoms. The molecule has 2 aromatic carbocycles. The second-order valence-corrected chi connectivity index (χ2v) is 6.57. The molecule has 3 rings (SSSR count). The van der Waals surface area contributed by atoms with Gasteiger partial charge in [0.05, 0.1) is 17.8 Å². The molecule has 5 nitrogen and oxygen atoms in total. The number of hydrogen-bond acceptors (Lipinski definition) is 5. The molecule has 0 radical (unpaired) electrons. The number of piperazine rings is 1. The molecular formula is C18H19ClN2O3S. The van der Waals surface area contributed by atoms with Crippen molar-refractivity contribution >= 4 is 34.5 Å². The van der Waals surface area contributed by atoms with Crippen LogP contribution in [0.5, 0.6) is 17.2 Å². The molecule has 1 fully saturated rings. The molecule has 25 heavy (non-hydrogen) atoms. The van der Waals surface area contributed by atoms with Gasteiger partial charge in [0.1, 0.15) is 4.99 Å². The van der Waals surface area contributed by atoms with Gasteiger partial charge in [-0.25, -0.2) is 0 Å². The van der Waals surface area contributed by atoms with Crippen molar-refractivity contribution in [2.75, 3.05) is 38.2 Å². The van der Waals surface area contributed by atoms with Gasteiger partial charge in [-0.05, 0) is 24.3 Å². The first-order valence-electron chi connectivity index (χ1n) is 7.90. The van der Waals surface area contributed by atoms with Gasteiger partial charge in [0.25, 0.3) is 0 Å². The average molecular weight is 379 g/mol. The zero-order chi connectivity index (χ0) is 18.0. The second kappa shape index (κ2) is 7.37. The van der Waals surface area contributed by atoms with Crippen LogP contribution in [0, 0.1) is 0 Å². The number of methoxy groups -OCH3 is 1. The fraction of sp³-hybridized carbons (Fsp3) is 0.278. The first-order valence-corrected chi connectivity index (χ1v) is 8.68. The van der Waals surface area contributed by atoms with E-state index >= 15 is 0 Å². The Bertz CT molecular complexity index is 792. The number of anilines is 1. The van der Waals surface area contributed by atoms with Gasteiger partial charge in [0.15, 0.2) is 11.5 Å². The number of ether oxygens (including phenoxy) is 1. The summed E-state index contributed by atoms with van der Waals surface area (Å²) in [6.45, 7) is 3.08. The summed E-state index contributed by atoms with van der Waals surface area (Å²) in [4.78, 5) is 4.93. The molecule has 1 aliphatic heterocycles. The van der Waals surface area contributed by atoms with Crippen LogP contribution in [0.2, 0.25) is 5.02 Å².